The summed E-state index contributed by atoms with van der Waals surface area (Å²) in [6.45, 7) is 5.41. The summed E-state index contributed by atoms with van der Waals surface area (Å²) in [7, 11) is -3.96. The Hall–Kier alpha value is -3.19. The molecule has 1 amide bonds. The van der Waals surface area contributed by atoms with E-state index in [-0.39, 0.29) is 22.6 Å². The molecular formula is C22H22N2O4S. The summed E-state index contributed by atoms with van der Waals surface area (Å²) in [6, 6.07) is 14.6. The molecule has 0 spiro atoms. The molecule has 0 saturated carbocycles. The first-order chi connectivity index (χ1) is 13.8. The van der Waals surface area contributed by atoms with Crippen molar-refractivity contribution in [2.45, 2.75) is 31.7 Å². The van der Waals surface area contributed by atoms with Crippen molar-refractivity contribution in [1.29, 1.82) is 0 Å². The zero-order chi connectivity index (χ0) is 21.0. The van der Waals surface area contributed by atoms with E-state index in [2.05, 4.69) is 10.3 Å². The van der Waals surface area contributed by atoms with E-state index >= 15 is 0 Å². The van der Waals surface area contributed by atoms with Crippen LogP contribution in [0.1, 0.15) is 40.0 Å². The highest BCUT2D eigenvalue weighted by Gasteiger charge is 2.20. The van der Waals surface area contributed by atoms with E-state index in [0.717, 1.165) is 11.1 Å². The minimum atomic E-state index is -3.96. The Bertz CT molecular complexity index is 1110. The summed E-state index contributed by atoms with van der Waals surface area (Å²) in [5, 5.41) is 2.89. The first kappa shape index (κ1) is 20.5. The number of pyridine rings is 1. The van der Waals surface area contributed by atoms with Crippen LogP contribution in [0, 0.1) is 13.8 Å². The molecule has 0 radical (unpaired) electrons. The van der Waals surface area contributed by atoms with Gasteiger partial charge in [0.15, 0.2) is 0 Å². The highest BCUT2D eigenvalue weighted by Crippen LogP contribution is 2.23. The van der Waals surface area contributed by atoms with Crippen LogP contribution in [0.25, 0.3) is 0 Å². The molecule has 0 aliphatic rings. The monoisotopic (exact) mass is 410 g/mol. The Labute approximate surface area is 170 Å². The van der Waals surface area contributed by atoms with Gasteiger partial charge in [0.25, 0.3) is 5.91 Å². The number of amides is 1. The number of rotatable bonds is 6. The molecular weight excluding hydrogens is 388 g/mol. The van der Waals surface area contributed by atoms with E-state index in [1.165, 1.54) is 24.3 Å². The minimum Gasteiger partial charge on any atom is -0.379 e. The van der Waals surface area contributed by atoms with Crippen molar-refractivity contribution in [3.05, 3.63) is 89.2 Å². The topological polar surface area (TPSA) is 85.4 Å². The van der Waals surface area contributed by atoms with Crippen molar-refractivity contribution in [3.63, 3.8) is 0 Å². The van der Waals surface area contributed by atoms with Crippen molar-refractivity contribution in [2.24, 2.45) is 0 Å². The van der Waals surface area contributed by atoms with E-state index in [9.17, 15) is 13.2 Å². The lowest BCUT2D eigenvalue weighted by molar-refractivity contribution is 0.0940. The summed E-state index contributed by atoms with van der Waals surface area (Å²) in [5.74, 6) is -0.122. The molecule has 0 fully saturated rings. The molecule has 3 aromatic rings. The third-order valence-corrected chi connectivity index (χ3v) is 5.88. The van der Waals surface area contributed by atoms with Crippen molar-refractivity contribution in [1.82, 2.24) is 10.3 Å². The summed E-state index contributed by atoms with van der Waals surface area (Å²) >= 11 is 0. The lowest BCUT2D eigenvalue weighted by Gasteiger charge is -2.14. The number of hydrogen-bond acceptors (Lipinski definition) is 5. The van der Waals surface area contributed by atoms with Gasteiger partial charge in [0, 0.05) is 18.0 Å². The average molecular weight is 410 g/mol. The lowest BCUT2D eigenvalue weighted by Crippen LogP contribution is -2.26. The molecule has 0 unspecified atom stereocenters. The van der Waals surface area contributed by atoms with Gasteiger partial charge in [0.1, 0.15) is 10.6 Å². The quantitative estimate of drug-likeness (QED) is 0.622. The van der Waals surface area contributed by atoms with Crippen LogP contribution in [-0.4, -0.2) is 19.3 Å². The van der Waals surface area contributed by atoms with Crippen LogP contribution in [0.4, 0.5) is 0 Å². The van der Waals surface area contributed by atoms with Crippen LogP contribution in [0.2, 0.25) is 0 Å². The van der Waals surface area contributed by atoms with Crippen LogP contribution < -0.4 is 9.50 Å². The maximum Gasteiger partial charge on any atom is 0.339 e. The molecule has 1 aromatic heterocycles. The van der Waals surface area contributed by atoms with Gasteiger partial charge in [-0.25, -0.2) is 0 Å². The molecule has 1 atom stereocenters. The van der Waals surface area contributed by atoms with Crippen molar-refractivity contribution in [3.8, 4) is 5.75 Å². The highest BCUT2D eigenvalue weighted by atomic mass is 32.2. The fourth-order valence-corrected chi connectivity index (χ4v) is 4.07. The molecule has 1 heterocycles. The molecule has 0 saturated heterocycles. The third kappa shape index (κ3) is 5.00. The number of benzene rings is 2. The maximum absolute atomic E-state index is 12.6. The van der Waals surface area contributed by atoms with Gasteiger partial charge in [-0.2, -0.15) is 8.42 Å². The van der Waals surface area contributed by atoms with Gasteiger partial charge in [0.05, 0.1) is 6.04 Å². The van der Waals surface area contributed by atoms with Crippen molar-refractivity contribution in [2.75, 3.05) is 0 Å². The fraction of sp³-hybridized carbons (Fsp3) is 0.182. The Balaban J connectivity index is 1.71. The average Bonchev–Trinajstić information content (AvgIpc) is 2.70. The number of carbonyl (C=O) groups is 1. The molecule has 0 aliphatic carbocycles. The lowest BCUT2D eigenvalue weighted by atomic mass is 10.1. The van der Waals surface area contributed by atoms with Gasteiger partial charge in [-0.15, -0.1) is 0 Å². The number of aryl methyl sites for hydroxylation is 2. The largest absolute Gasteiger partial charge is 0.379 e. The SMILES string of the molecule is Cc1ccc(C)c(S(=O)(=O)Oc2ccc(C(=O)N[C@@H](C)c3ccncc3)cc2)c1. The summed E-state index contributed by atoms with van der Waals surface area (Å²) in [4.78, 5) is 16.5. The Morgan fingerprint density at radius 3 is 2.31 bits per heavy atom. The highest BCUT2D eigenvalue weighted by molar-refractivity contribution is 7.87. The van der Waals surface area contributed by atoms with Gasteiger partial charge in [-0.05, 0) is 79.9 Å². The van der Waals surface area contributed by atoms with Crippen molar-refractivity contribution < 1.29 is 17.4 Å². The number of nitrogens with one attached hydrogen (secondary N) is 1. The molecule has 1 N–H and O–H groups in total. The van der Waals surface area contributed by atoms with E-state index in [1.54, 1.807) is 31.5 Å². The molecule has 2 aromatic carbocycles. The zero-order valence-electron chi connectivity index (χ0n) is 16.4. The van der Waals surface area contributed by atoms with Gasteiger partial charge in [-0.1, -0.05) is 12.1 Å². The Morgan fingerprint density at radius 2 is 1.66 bits per heavy atom. The molecule has 7 heteroatoms. The number of hydrogen-bond donors (Lipinski definition) is 1. The maximum atomic E-state index is 12.6. The minimum absolute atomic E-state index is 0.130. The predicted molar refractivity (Wildman–Crippen MR) is 110 cm³/mol. The normalized spacial score (nSPS) is 12.2. The van der Waals surface area contributed by atoms with E-state index < -0.39 is 10.1 Å². The Kier molecular flexibility index (Phi) is 5.98. The van der Waals surface area contributed by atoms with E-state index in [4.69, 9.17) is 4.18 Å². The van der Waals surface area contributed by atoms with Crippen molar-refractivity contribution >= 4 is 16.0 Å². The second-order valence-corrected chi connectivity index (χ2v) is 8.32. The summed E-state index contributed by atoms with van der Waals surface area (Å²) in [6.07, 6.45) is 3.33. The van der Waals surface area contributed by atoms with Crippen LogP contribution in [0.3, 0.4) is 0 Å². The summed E-state index contributed by atoms with van der Waals surface area (Å²) < 4.78 is 30.4. The molecule has 6 nitrogen and oxygen atoms in total. The van der Waals surface area contributed by atoms with Gasteiger partial charge in [0.2, 0.25) is 0 Å². The molecule has 0 bridgehead atoms. The molecule has 0 aliphatic heterocycles. The van der Waals surface area contributed by atoms with Crippen LogP contribution in [-0.2, 0) is 10.1 Å². The smallest absolute Gasteiger partial charge is 0.339 e. The zero-order valence-corrected chi connectivity index (χ0v) is 17.2. The van der Waals surface area contributed by atoms with Gasteiger partial charge in [-0.3, -0.25) is 9.78 Å². The van der Waals surface area contributed by atoms with Crippen LogP contribution in [0.5, 0.6) is 5.75 Å². The van der Waals surface area contributed by atoms with E-state index in [1.807, 2.05) is 32.0 Å². The molecule has 29 heavy (non-hydrogen) atoms. The van der Waals surface area contributed by atoms with Crippen LogP contribution in [0.15, 0.2) is 71.9 Å². The summed E-state index contributed by atoms with van der Waals surface area (Å²) in [5.41, 5.74) is 2.78. The second kappa shape index (κ2) is 8.45. The predicted octanol–water partition coefficient (Wildman–Crippen LogP) is 3.96. The molecule has 3 rings (SSSR count). The second-order valence-electron chi connectivity index (χ2n) is 6.81. The number of carbonyl (C=O) groups excluding carboxylic acids is 1. The first-order valence-corrected chi connectivity index (χ1v) is 10.5. The Morgan fingerprint density at radius 1 is 1.00 bits per heavy atom. The number of nitrogens with zero attached hydrogens (tertiary/aromatic N) is 1. The van der Waals surface area contributed by atoms with Gasteiger partial charge < -0.3 is 9.50 Å². The van der Waals surface area contributed by atoms with Gasteiger partial charge >= 0.3 is 10.1 Å². The van der Waals surface area contributed by atoms with E-state index in [0.29, 0.717) is 11.1 Å². The third-order valence-electron chi connectivity index (χ3n) is 4.49. The van der Waals surface area contributed by atoms with Crippen LogP contribution >= 0.6 is 0 Å². The fourth-order valence-electron chi connectivity index (χ4n) is 2.83. The number of aromatic nitrogens is 1. The standard InChI is InChI=1S/C22H22N2O4S/c1-15-4-5-16(2)21(14-15)29(26,27)28-20-8-6-19(7-9-20)22(25)24-17(3)18-10-12-23-13-11-18/h4-14,17H,1-3H3,(H,24,25)/t17-/m0/s1. The molecule has 150 valence electrons. The first-order valence-electron chi connectivity index (χ1n) is 9.09.